The van der Waals surface area contributed by atoms with E-state index >= 15 is 0 Å². The monoisotopic (exact) mass is 594 g/mol. The summed E-state index contributed by atoms with van der Waals surface area (Å²) in [5, 5.41) is 19.4. The third kappa shape index (κ3) is 9.87. The molecule has 2 N–H and O–H groups in total. The average molecular weight is 595 g/mol. The second kappa shape index (κ2) is 14.9. The van der Waals surface area contributed by atoms with E-state index in [0.717, 1.165) is 46.2 Å². The van der Waals surface area contributed by atoms with E-state index in [4.69, 9.17) is 9.47 Å². The summed E-state index contributed by atoms with van der Waals surface area (Å²) in [6.45, 7) is 22.1. The van der Waals surface area contributed by atoms with Crippen LogP contribution in [0.1, 0.15) is 117 Å². The number of aryl methyl sites for hydroxylation is 1. The van der Waals surface area contributed by atoms with Crippen molar-refractivity contribution in [2.45, 2.75) is 113 Å². The van der Waals surface area contributed by atoms with Crippen molar-refractivity contribution in [3.8, 4) is 22.6 Å². The number of carbonyl (C=O) groups is 2. The van der Waals surface area contributed by atoms with Crippen molar-refractivity contribution in [2.75, 3.05) is 13.2 Å². The van der Waals surface area contributed by atoms with Gasteiger partial charge in [-0.2, -0.15) is 0 Å². The molecule has 0 aliphatic rings. The Morgan fingerprint density at radius 2 is 1.30 bits per heavy atom. The summed E-state index contributed by atoms with van der Waals surface area (Å²) in [6, 6.07) is 10.4. The normalized spacial score (nSPS) is 12.2. The molecule has 2 aromatic rings. The van der Waals surface area contributed by atoms with Gasteiger partial charge in [0.15, 0.2) is 0 Å². The van der Waals surface area contributed by atoms with E-state index in [1.807, 2.05) is 26.0 Å². The first kappa shape index (κ1) is 35.9. The molecule has 0 amide bonds. The van der Waals surface area contributed by atoms with Crippen LogP contribution >= 0.6 is 0 Å². The largest absolute Gasteiger partial charge is 0.493 e. The highest BCUT2D eigenvalue weighted by Crippen LogP contribution is 2.46. The van der Waals surface area contributed by atoms with Gasteiger partial charge in [0, 0.05) is 0 Å². The molecule has 0 aromatic heterocycles. The molecule has 0 atom stereocenters. The number of carboxylic acid groups (broad SMARTS) is 2. The van der Waals surface area contributed by atoms with Crippen LogP contribution in [0.5, 0.6) is 11.5 Å². The highest BCUT2D eigenvalue weighted by molar-refractivity contribution is 5.87. The summed E-state index contributed by atoms with van der Waals surface area (Å²) in [5.41, 5.74) is 3.62. The van der Waals surface area contributed by atoms with Gasteiger partial charge in [0.05, 0.1) is 29.6 Å². The fourth-order valence-electron chi connectivity index (χ4n) is 4.90. The van der Waals surface area contributed by atoms with E-state index in [9.17, 15) is 19.8 Å². The van der Waals surface area contributed by atoms with Gasteiger partial charge in [-0.15, -0.1) is 0 Å². The van der Waals surface area contributed by atoms with Gasteiger partial charge in [0.25, 0.3) is 0 Å². The minimum atomic E-state index is -0.940. The van der Waals surface area contributed by atoms with Crippen molar-refractivity contribution in [1.82, 2.24) is 0 Å². The van der Waals surface area contributed by atoms with Gasteiger partial charge in [-0.1, -0.05) is 82.4 Å². The fourth-order valence-corrected chi connectivity index (χ4v) is 4.90. The Labute approximate surface area is 259 Å². The number of hydrogen-bond acceptors (Lipinski definition) is 4. The molecule has 0 heterocycles. The number of unbranched alkanes of at least 4 members (excludes halogenated alkanes) is 3. The zero-order valence-electron chi connectivity index (χ0n) is 28.0. The van der Waals surface area contributed by atoms with Gasteiger partial charge in [0.1, 0.15) is 11.5 Å². The molecule has 0 spiro atoms. The lowest BCUT2D eigenvalue weighted by Crippen LogP contribution is -2.26. The number of carboxylic acids is 2. The second-order valence-corrected chi connectivity index (χ2v) is 13.9. The number of benzene rings is 2. The predicted molar refractivity (Wildman–Crippen MR) is 176 cm³/mol. The maximum absolute atomic E-state index is 11.8. The summed E-state index contributed by atoms with van der Waals surface area (Å²) in [7, 11) is 0. The van der Waals surface area contributed by atoms with Crippen molar-refractivity contribution in [1.29, 1.82) is 0 Å². The highest BCUT2D eigenvalue weighted by atomic mass is 16.5. The minimum Gasteiger partial charge on any atom is -0.493 e. The van der Waals surface area contributed by atoms with Gasteiger partial charge in [0.2, 0.25) is 0 Å². The first-order chi connectivity index (χ1) is 19.9. The average Bonchev–Trinajstić information content (AvgIpc) is 2.90. The van der Waals surface area contributed by atoms with Crippen LogP contribution < -0.4 is 9.47 Å². The molecular formula is C37H54O6. The Bertz CT molecular complexity index is 1230. The molecule has 2 aromatic carbocycles. The Hall–Kier alpha value is -3.28. The number of hydrogen-bond donors (Lipinski definition) is 2. The molecule has 0 saturated heterocycles. The van der Waals surface area contributed by atoms with Crippen LogP contribution in [0.25, 0.3) is 16.7 Å². The van der Waals surface area contributed by atoms with Crippen molar-refractivity contribution in [3.63, 3.8) is 0 Å². The minimum absolute atomic E-state index is 0.174. The lowest BCUT2D eigenvalue weighted by atomic mass is 9.78. The molecule has 6 nitrogen and oxygen atoms in total. The predicted octanol–water partition coefficient (Wildman–Crippen LogP) is 9.70. The molecule has 43 heavy (non-hydrogen) atoms. The van der Waals surface area contributed by atoms with Crippen molar-refractivity contribution in [3.05, 3.63) is 53.6 Å². The zero-order valence-corrected chi connectivity index (χ0v) is 28.0. The van der Waals surface area contributed by atoms with Crippen LogP contribution in [0.15, 0.2) is 36.9 Å². The molecule has 2 rings (SSSR count). The Morgan fingerprint density at radius 1 is 0.791 bits per heavy atom. The van der Waals surface area contributed by atoms with E-state index in [0.29, 0.717) is 24.3 Å². The summed E-state index contributed by atoms with van der Waals surface area (Å²) in [4.78, 5) is 23.6. The summed E-state index contributed by atoms with van der Waals surface area (Å²) in [5.74, 6) is -0.486. The highest BCUT2D eigenvalue weighted by Gasteiger charge is 2.30. The smallest absolute Gasteiger partial charge is 0.309 e. The first-order valence-corrected chi connectivity index (χ1v) is 15.6. The molecule has 238 valence electrons. The Balaban J connectivity index is 2.75. The van der Waals surface area contributed by atoms with Crippen LogP contribution in [-0.4, -0.2) is 35.4 Å². The fraction of sp³-hybridized carbons (Fsp3) is 0.568. The Morgan fingerprint density at radius 3 is 1.74 bits per heavy atom. The number of ether oxygens (including phenoxy) is 2. The molecule has 0 fully saturated rings. The van der Waals surface area contributed by atoms with E-state index in [1.165, 1.54) is 19.3 Å². The van der Waals surface area contributed by atoms with E-state index < -0.39 is 22.8 Å². The van der Waals surface area contributed by atoms with Gasteiger partial charge >= 0.3 is 11.9 Å². The molecule has 0 unspecified atom stereocenters. The number of rotatable bonds is 18. The molecule has 0 saturated carbocycles. The van der Waals surface area contributed by atoms with Crippen molar-refractivity contribution >= 4 is 17.5 Å². The van der Waals surface area contributed by atoms with E-state index in [-0.39, 0.29) is 18.6 Å². The van der Waals surface area contributed by atoms with Crippen LogP contribution in [0.4, 0.5) is 0 Å². The van der Waals surface area contributed by atoms with E-state index in [2.05, 4.69) is 45.5 Å². The SMILES string of the molecule is C=C(C)c1ccc(C)cc1-c1c(OCCC(C)(C)C(=O)O)cc(C(C)(C)CCCCCC)cc1OCCC(C)(C)C(=O)O. The third-order valence-corrected chi connectivity index (χ3v) is 8.53. The van der Waals surface area contributed by atoms with Gasteiger partial charge < -0.3 is 19.7 Å². The van der Waals surface area contributed by atoms with Gasteiger partial charge in [-0.3, -0.25) is 9.59 Å². The standard InChI is InChI=1S/C37H54O6/c1-11-12-13-14-17-35(5,6)27-23-30(42-20-18-36(7,8)33(38)39)32(29-22-26(4)15-16-28(29)25(2)3)31(24-27)43-21-19-37(9,10)34(40)41/h15-16,22-24H,2,11-14,17-21H2,1,3-10H3,(H,38,39)(H,40,41). The molecule has 6 heteroatoms. The maximum Gasteiger partial charge on any atom is 0.309 e. The van der Waals surface area contributed by atoms with Crippen LogP contribution in [0.2, 0.25) is 0 Å². The molecule has 0 bridgehead atoms. The molecule has 0 radical (unpaired) electrons. The summed E-state index contributed by atoms with van der Waals surface area (Å²) >= 11 is 0. The third-order valence-electron chi connectivity index (χ3n) is 8.53. The lowest BCUT2D eigenvalue weighted by molar-refractivity contribution is -0.148. The topological polar surface area (TPSA) is 93.1 Å². The van der Waals surface area contributed by atoms with Crippen molar-refractivity contribution < 1.29 is 29.3 Å². The van der Waals surface area contributed by atoms with Gasteiger partial charge in [-0.05, 0) is 95.0 Å². The number of allylic oxidation sites excluding steroid dienone is 1. The summed E-state index contributed by atoms with van der Waals surface area (Å²) < 4.78 is 13.0. The molecular weight excluding hydrogens is 540 g/mol. The lowest BCUT2D eigenvalue weighted by Gasteiger charge is -2.29. The van der Waals surface area contributed by atoms with Gasteiger partial charge in [-0.25, -0.2) is 0 Å². The van der Waals surface area contributed by atoms with Crippen LogP contribution in [0, 0.1) is 17.8 Å². The number of aliphatic carboxylic acids is 2. The first-order valence-electron chi connectivity index (χ1n) is 15.6. The van der Waals surface area contributed by atoms with Crippen LogP contribution in [-0.2, 0) is 15.0 Å². The zero-order chi connectivity index (χ0) is 32.6. The molecule has 0 aliphatic carbocycles. The van der Waals surface area contributed by atoms with Crippen molar-refractivity contribution in [2.24, 2.45) is 10.8 Å². The molecule has 0 aliphatic heterocycles. The Kier molecular flexibility index (Phi) is 12.5. The second-order valence-electron chi connectivity index (χ2n) is 13.9. The van der Waals surface area contributed by atoms with Crippen LogP contribution in [0.3, 0.4) is 0 Å². The van der Waals surface area contributed by atoms with E-state index in [1.54, 1.807) is 27.7 Å². The maximum atomic E-state index is 11.8. The summed E-state index contributed by atoms with van der Waals surface area (Å²) in [6.07, 6.45) is 6.30. The quantitative estimate of drug-likeness (QED) is 0.167.